The smallest absolute Gasteiger partial charge is 0.416 e. The lowest BCUT2D eigenvalue weighted by Gasteiger charge is -2.30. The average molecular weight is 420 g/mol. The summed E-state index contributed by atoms with van der Waals surface area (Å²) < 4.78 is 44.7. The topological polar surface area (TPSA) is 58.6 Å². The second-order valence-electron chi connectivity index (χ2n) is 7.61. The quantitative estimate of drug-likeness (QED) is 0.757. The molecule has 0 radical (unpaired) electrons. The second-order valence-corrected chi connectivity index (χ2v) is 7.61. The highest BCUT2D eigenvalue weighted by Gasteiger charge is 2.32. The minimum Gasteiger partial charge on any atom is -0.482 e. The van der Waals surface area contributed by atoms with Gasteiger partial charge in [0.25, 0.3) is 5.91 Å². The number of hydrogen-bond donors (Lipinski definition) is 1. The molecule has 160 valence electrons. The molecule has 30 heavy (non-hydrogen) atoms. The maximum absolute atomic E-state index is 13.1. The summed E-state index contributed by atoms with van der Waals surface area (Å²) in [5.74, 6) is -0.177. The van der Waals surface area contributed by atoms with Gasteiger partial charge in [-0.15, -0.1) is 0 Å². The van der Waals surface area contributed by atoms with Crippen LogP contribution in [0.5, 0.6) is 5.75 Å². The Hall–Kier alpha value is -3.03. The summed E-state index contributed by atoms with van der Waals surface area (Å²) in [6.07, 6.45) is -4.01. The van der Waals surface area contributed by atoms with Crippen molar-refractivity contribution in [3.05, 3.63) is 59.7 Å². The molecule has 0 saturated heterocycles. The molecule has 0 aromatic heterocycles. The Morgan fingerprint density at radius 3 is 2.60 bits per heavy atom. The third-order valence-corrected chi connectivity index (χ3v) is 4.77. The number of hydrogen-bond acceptors (Lipinski definition) is 3. The fourth-order valence-corrected chi connectivity index (χ4v) is 3.39. The molecule has 1 N–H and O–H groups in total. The van der Waals surface area contributed by atoms with Gasteiger partial charge in [-0.1, -0.05) is 38.1 Å². The molecule has 3 rings (SSSR count). The molecule has 0 bridgehead atoms. The van der Waals surface area contributed by atoms with E-state index in [1.807, 2.05) is 13.8 Å². The van der Waals surface area contributed by atoms with Gasteiger partial charge in [0.1, 0.15) is 12.3 Å². The van der Waals surface area contributed by atoms with E-state index < -0.39 is 23.7 Å². The second kappa shape index (κ2) is 8.77. The monoisotopic (exact) mass is 420 g/mol. The fourth-order valence-electron chi connectivity index (χ4n) is 3.39. The normalized spacial score (nSPS) is 14.9. The summed E-state index contributed by atoms with van der Waals surface area (Å²) in [6, 6.07) is 11.2. The first-order valence-corrected chi connectivity index (χ1v) is 9.64. The van der Waals surface area contributed by atoms with Gasteiger partial charge in [-0.2, -0.15) is 13.2 Å². The number of alkyl halides is 3. The molecular weight excluding hydrogens is 397 g/mol. The molecule has 0 saturated carbocycles. The summed E-state index contributed by atoms with van der Waals surface area (Å²) in [4.78, 5) is 26.3. The number of halogens is 3. The summed E-state index contributed by atoms with van der Waals surface area (Å²) in [6.45, 7) is 3.43. The third kappa shape index (κ3) is 5.11. The van der Waals surface area contributed by atoms with E-state index >= 15 is 0 Å². The number of fused-ring (bicyclic) bond motifs is 1. The minimum absolute atomic E-state index is 0.135. The zero-order valence-electron chi connectivity index (χ0n) is 16.7. The van der Waals surface area contributed by atoms with E-state index in [0.717, 1.165) is 12.1 Å². The lowest BCUT2D eigenvalue weighted by atomic mass is 9.95. The molecule has 5 nitrogen and oxygen atoms in total. The largest absolute Gasteiger partial charge is 0.482 e. The number of anilines is 1. The number of rotatable bonds is 6. The van der Waals surface area contributed by atoms with Crippen LogP contribution in [0.15, 0.2) is 48.5 Å². The maximum atomic E-state index is 13.1. The van der Waals surface area contributed by atoms with Crippen LogP contribution < -0.4 is 15.0 Å². The number of amides is 2. The lowest BCUT2D eigenvalue weighted by molar-refractivity contribution is -0.137. The first-order chi connectivity index (χ1) is 14.1. The van der Waals surface area contributed by atoms with Crippen molar-refractivity contribution in [1.82, 2.24) is 5.32 Å². The molecule has 1 aliphatic rings. The van der Waals surface area contributed by atoms with Crippen molar-refractivity contribution < 1.29 is 27.5 Å². The highest BCUT2D eigenvalue weighted by Crippen LogP contribution is 2.33. The highest BCUT2D eigenvalue weighted by atomic mass is 19.4. The fraction of sp³-hybridized carbons (Fsp3) is 0.364. The van der Waals surface area contributed by atoms with Crippen LogP contribution in [0, 0.1) is 5.92 Å². The molecule has 2 aromatic carbocycles. The van der Waals surface area contributed by atoms with Crippen molar-refractivity contribution in [2.75, 3.05) is 18.1 Å². The van der Waals surface area contributed by atoms with Crippen LogP contribution in [0.25, 0.3) is 0 Å². The van der Waals surface area contributed by atoms with E-state index in [4.69, 9.17) is 4.74 Å². The van der Waals surface area contributed by atoms with Crippen molar-refractivity contribution >= 4 is 17.5 Å². The zero-order valence-corrected chi connectivity index (χ0v) is 16.7. The van der Waals surface area contributed by atoms with E-state index in [9.17, 15) is 22.8 Å². The van der Waals surface area contributed by atoms with Gasteiger partial charge in [0.2, 0.25) is 5.91 Å². The van der Waals surface area contributed by atoms with Crippen molar-refractivity contribution in [1.29, 1.82) is 0 Å². The Morgan fingerprint density at radius 2 is 1.90 bits per heavy atom. The first-order valence-electron chi connectivity index (χ1n) is 9.64. The van der Waals surface area contributed by atoms with Crippen LogP contribution in [0.1, 0.15) is 37.4 Å². The van der Waals surface area contributed by atoms with Gasteiger partial charge < -0.3 is 10.1 Å². The number of para-hydroxylation sites is 2. The van der Waals surface area contributed by atoms with Gasteiger partial charge in [-0.05, 0) is 42.2 Å². The van der Waals surface area contributed by atoms with Crippen molar-refractivity contribution in [2.45, 2.75) is 32.5 Å². The van der Waals surface area contributed by atoms with Crippen LogP contribution in [-0.4, -0.2) is 25.0 Å². The SMILES string of the molecule is CC(C)CC(NC(=O)CN1C(=O)COc2ccccc21)c1cccc(C(F)(F)F)c1. The highest BCUT2D eigenvalue weighted by molar-refractivity contribution is 6.02. The van der Waals surface area contributed by atoms with E-state index in [2.05, 4.69) is 5.32 Å². The van der Waals surface area contributed by atoms with Crippen LogP contribution in [0.2, 0.25) is 0 Å². The Balaban J connectivity index is 1.79. The summed E-state index contributed by atoms with van der Waals surface area (Å²) in [7, 11) is 0. The predicted molar refractivity (Wildman–Crippen MR) is 106 cm³/mol. The molecule has 0 spiro atoms. The molecule has 8 heteroatoms. The number of carbonyl (C=O) groups excluding carboxylic acids is 2. The summed E-state index contributed by atoms with van der Waals surface area (Å²) >= 11 is 0. The molecule has 1 atom stereocenters. The average Bonchev–Trinajstić information content (AvgIpc) is 2.69. The van der Waals surface area contributed by atoms with E-state index in [-0.39, 0.29) is 25.0 Å². The molecular formula is C22H23F3N2O3. The molecule has 0 fully saturated rings. The van der Waals surface area contributed by atoms with Gasteiger partial charge in [-0.25, -0.2) is 0 Å². The predicted octanol–water partition coefficient (Wildman–Crippen LogP) is 4.33. The third-order valence-electron chi connectivity index (χ3n) is 4.77. The Kier molecular flexibility index (Phi) is 6.34. The zero-order chi connectivity index (χ0) is 21.9. The molecule has 2 amide bonds. The number of nitrogens with one attached hydrogen (secondary N) is 1. The van der Waals surface area contributed by atoms with Crippen molar-refractivity contribution in [2.24, 2.45) is 5.92 Å². The minimum atomic E-state index is -4.47. The van der Waals surface area contributed by atoms with Crippen LogP contribution >= 0.6 is 0 Å². The molecule has 1 aliphatic heterocycles. The van der Waals surface area contributed by atoms with Gasteiger partial charge in [0.05, 0.1) is 17.3 Å². The lowest BCUT2D eigenvalue weighted by Crippen LogP contribution is -2.45. The summed E-state index contributed by atoms with van der Waals surface area (Å²) in [5.41, 5.74) is 0.101. The molecule has 0 aliphatic carbocycles. The van der Waals surface area contributed by atoms with Crippen LogP contribution in [0.3, 0.4) is 0 Å². The number of carbonyl (C=O) groups is 2. The summed E-state index contributed by atoms with van der Waals surface area (Å²) in [5, 5.41) is 2.80. The van der Waals surface area contributed by atoms with E-state index in [1.54, 1.807) is 30.3 Å². The van der Waals surface area contributed by atoms with Crippen molar-refractivity contribution in [3.63, 3.8) is 0 Å². The van der Waals surface area contributed by atoms with Gasteiger partial charge in [-0.3, -0.25) is 14.5 Å². The molecule has 1 unspecified atom stereocenters. The van der Waals surface area contributed by atoms with E-state index in [1.165, 1.54) is 11.0 Å². The van der Waals surface area contributed by atoms with Gasteiger partial charge in [0, 0.05) is 0 Å². The Bertz CT molecular complexity index is 928. The number of ether oxygens (including phenoxy) is 1. The van der Waals surface area contributed by atoms with Crippen LogP contribution in [0.4, 0.5) is 18.9 Å². The van der Waals surface area contributed by atoms with E-state index in [0.29, 0.717) is 23.4 Å². The Morgan fingerprint density at radius 1 is 1.17 bits per heavy atom. The number of benzene rings is 2. The van der Waals surface area contributed by atoms with Crippen LogP contribution in [-0.2, 0) is 15.8 Å². The maximum Gasteiger partial charge on any atom is 0.416 e. The first kappa shape index (κ1) is 21.7. The van der Waals surface area contributed by atoms with Crippen molar-refractivity contribution in [3.8, 4) is 5.75 Å². The standard InChI is InChI=1S/C22H23F3N2O3/c1-14(2)10-17(15-6-5-7-16(11-15)22(23,24)25)26-20(28)12-27-18-8-3-4-9-19(18)30-13-21(27)29/h3-9,11,14,17H,10,12-13H2,1-2H3,(H,26,28). The molecule has 1 heterocycles. The number of nitrogens with zero attached hydrogens (tertiary/aromatic N) is 1. The van der Waals surface area contributed by atoms with Gasteiger partial charge >= 0.3 is 6.18 Å². The molecule has 2 aromatic rings. The van der Waals surface area contributed by atoms with Gasteiger partial charge in [0.15, 0.2) is 6.61 Å². The Labute approximate surface area is 172 Å².